The largest absolute Gasteiger partial charge is 0.353 e. The number of carbonyl (C=O) groups is 2. The van der Waals surface area contributed by atoms with Crippen LogP contribution >= 0.6 is 11.8 Å². The molecule has 0 saturated carbocycles. The molecule has 1 aliphatic carbocycles. The zero-order valence-electron chi connectivity index (χ0n) is 18.2. The van der Waals surface area contributed by atoms with Crippen molar-refractivity contribution in [1.82, 2.24) is 19.8 Å². The van der Waals surface area contributed by atoms with Crippen LogP contribution in [0, 0.1) is 5.41 Å². The number of carbonyl (C=O) groups excluding carboxylic acids is 2. The van der Waals surface area contributed by atoms with Gasteiger partial charge >= 0.3 is 6.03 Å². The van der Waals surface area contributed by atoms with E-state index in [2.05, 4.69) is 34.0 Å². The van der Waals surface area contributed by atoms with Gasteiger partial charge in [-0.05, 0) is 25.7 Å². The summed E-state index contributed by atoms with van der Waals surface area (Å²) in [5, 5.41) is 4.30. The highest BCUT2D eigenvalue weighted by molar-refractivity contribution is 8.04. The molecule has 0 aromatic carbocycles. The SMILES string of the molecule is CCN(CC)C(=O)N1CCN(c2ncnc3c2NC2=C(S3)C(=O)CC(C)(C)C2)CC1. The lowest BCUT2D eigenvalue weighted by Crippen LogP contribution is -2.53. The fourth-order valence-electron chi connectivity index (χ4n) is 4.36. The quantitative estimate of drug-likeness (QED) is 0.738. The van der Waals surface area contributed by atoms with E-state index >= 15 is 0 Å². The smallest absolute Gasteiger partial charge is 0.320 e. The van der Waals surface area contributed by atoms with Crippen LogP contribution in [0.1, 0.15) is 40.5 Å². The Kier molecular flexibility index (Phi) is 5.65. The number of hydrogen-bond acceptors (Lipinski definition) is 7. The van der Waals surface area contributed by atoms with Crippen molar-refractivity contribution < 1.29 is 9.59 Å². The molecule has 2 aliphatic heterocycles. The van der Waals surface area contributed by atoms with Crippen LogP contribution in [0.2, 0.25) is 0 Å². The number of nitrogens with zero attached hydrogens (tertiary/aromatic N) is 5. The summed E-state index contributed by atoms with van der Waals surface area (Å²) in [7, 11) is 0. The van der Waals surface area contributed by atoms with Gasteiger partial charge in [-0.1, -0.05) is 25.6 Å². The maximum atomic E-state index is 12.6. The normalized spacial score (nSPS) is 20.5. The van der Waals surface area contributed by atoms with Crippen LogP contribution in [0.4, 0.5) is 16.3 Å². The van der Waals surface area contributed by atoms with Gasteiger partial charge < -0.3 is 20.0 Å². The number of allylic oxidation sites excluding steroid dienone is 2. The van der Waals surface area contributed by atoms with Crippen LogP contribution in [-0.2, 0) is 4.79 Å². The number of hydrogen-bond donors (Lipinski definition) is 1. The number of anilines is 2. The van der Waals surface area contributed by atoms with Gasteiger partial charge in [0.15, 0.2) is 11.6 Å². The number of Topliss-reactive ketones (excluding diaryl/α,β-unsaturated/α-hetero) is 1. The molecule has 0 radical (unpaired) electrons. The highest BCUT2D eigenvalue weighted by atomic mass is 32.2. The molecule has 1 aromatic rings. The summed E-state index contributed by atoms with van der Waals surface area (Å²) < 4.78 is 0. The van der Waals surface area contributed by atoms with Crippen molar-refractivity contribution in [2.45, 2.75) is 45.6 Å². The molecular formula is C21H30N6O2S. The molecule has 0 spiro atoms. The van der Waals surface area contributed by atoms with E-state index in [1.807, 2.05) is 23.6 Å². The number of nitrogens with one attached hydrogen (secondary N) is 1. The molecule has 3 heterocycles. The first-order chi connectivity index (χ1) is 14.3. The minimum Gasteiger partial charge on any atom is -0.353 e. The van der Waals surface area contributed by atoms with E-state index in [9.17, 15) is 9.59 Å². The molecule has 0 bridgehead atoms. The van der Waals surface area contributed by atoms with Gasteiger partial charge in [0.1, 0.15) is 17.0 Å². The summed E-state index contributed by atoms with van der Waals surface area (Å²) >= 11 is 1.46. The van der Waals surface area contributed by atoms with E-state index < -0.39 is 0 Å². The molecule has 2 amide bonds. The molecule has 1 N–H and O–H groups in total. The second-order valence-electron chi connectivity index (χ2n) is 8.78. The Bertz CT molecular complexity index is 887. The van der Waals surface area contributed by atoms with E-state index in [4.69, 9.17) is 0 Å². The van der Waals surface area contributed by atoms with E-state index in [0.29, 0.717) is 19.5 Å². The molecule has 0 atom stereocenters. The van der Waals surface area contributed by atoms with E-state index in [0.717, 1.165) is 59.7 Å². The van der Waals surface area contributed by atoms with Gasteiger partial charge in [-0.2, -0.15) is 0 Å². The standard InChI is InChI=1S/C21H30N6O2S/c1-5-25(6-2)20(29)27-9-7-26(8-10-27)18-16-19(23-13-22-18)30-17-14(24-16)11-21(3,4)12-15(17)28/h13,24H,5-12H2,1-4H3. The molecule has 1 saturated heterocycles. The summed E-state index contributed by atoms with van der Waals surface area (Å²) in [6, 6.07) is 0.107. The van der Waals surface area contributed by atoms with Gasteiger partial charge in [0.25, 0.3) is 0 Å². The molecule has 8 nitrogen and oxygen atoms in total. The average molecular weight is 431 g/mol. The van der Waals surface area contributed by atoms with Crippen molar-refractivity contribution in [2.24, 2.45) is 5.41 Å². The fraction of sp³-hybridized carbons (Fsp3) is 0.619. The summed E-state index contributed by atoms with van der Waals surface area (Å²) in [5.41, 5.74) is 1.82. The molecule has 30 heavy (non-hydrogen) atoms. The lowest BCUT2D eigenvalue weighted by molar-refractivity contribution is -0.117. The van der Waals surface area contributed by atoms with Crippen LogP contribution in [0.15, 0.2) is 22.0 Å². The zero-order chi connectivity index (χ0) is 21.5. The first kappa shape index (κ1) is 21.0. The Balaban J connectivity index is 1.51. The first-order valence-electron chi connectivity index (χ1n) is 10.7. The lowest BCUT2D eigenvalue weighted by atomic mass is 9.78. The Morgan fingerprint density at radius 2 is 1.87 bits per heavy atom. The van der Waals surface area contributed by atoms with Crippen molar-refractivity contribution in [3.05, 3.63) is 16.9 Å². The predicted octanol–water partition coefficient (Wildman–Crippen LogP) is 3.18. The second kappa shape index (κ2) is 8.09. The molecule has 162 valence electrons. The van der Waals surface area contributed by atoms with Gasteiger partial charge in [0.05, 0.1) is 4.91 Å². The van der Waals surface area contributed by atoms with E-state index in [1.54, 1.807) is 6.33 Å². The lowest BCUT2D eigenvalue weighted by Gasteiger charge is -2.39. The van der Waals surface area contributed by atoms with Crippen molar-refractivity contribution >= 4 is 35.1 Å². The summed E-state index contributed by atoms with van der Waals surface area (Å²) in [4.78, 5) is 41.0. The number of urea groups is 1. The van der Waals surface area contributed by atoms with Crippen LogP contribution in [0.3, 0.4) is 0 Å². The minimum atomic E-state index is -0.0484. The molecule has 9 heteroatoms. The van der Waals surface area contributed by atoms with Crippen molar-refractivity contribution in [2.75, 3.05) is 49.5 Å². The number of rotatable bonds is 3. The van der Waals surface area contributed by atoms with Gasteiger partial charge in [-0.3, -0.25) is 4.79 Å². The molecule has 4 rings (SSSR count). The maximum absolute atomic E-state index is 12.6. The third-order valence-corrected chi connectivity index (χ3v) is 7.15. The zero-order valence-corrected chi connectivity index (χ0v) is 19.0. The van der Waals surface area contributed by atoms with E-state index in [1.165, 1.54) is 11.8 Å². The third-order valence-electron chi connectivity index (χ3n) is 5.97. The Labute approximate surface area is 182 Å². The number of amides is 2. The number of aromatic nitrogens is 2. The van der Waals surface area contributed by atoms with E-state index in [-0.39, 0.29) is 17.2 Å². The Hall–Kier alpha value is -2.29. The van der Waals surface area contributed by atoms with Gasteiger partial charge in [0.2, 0.25) is 0 Å². The van der Waals surface area contributed by atoms with Crippen LogP contribution in [0.5, 0.6) is 0 Å². The van der Waals surface area contributed by atoms with Crippen molar-refractivity contribution in [3.63, 3.8) is 0 Å². The van der Waals surface area contributed by atoms with Crippen molar-refractivity contribution in [3.8, 4) is 0 Å². The summed E-state index contributed by atoms with van der Waals surface area (Å²) in [6.07, 6.45) is 2.97. The fourth-order valence-corrected chi connectivity index (χ4v) is 5.33. The number of thioether (sulfide) groups is 1. The predicted molar refractivity (Wildman–Crippen MR) is 119 cm³/mol. The third kappa shape index (κ3) is 3.87. The van der Waals surface area contributed by atoms with Crippen LogP contribution in [0.25, 0.3) is 0 Å². The van der Waals surface area contributed by atoms with Crippen LogP contribution in [-0.4, -0.2) is 70.9 Å². The monoisotopic (exact) mass is 430 g/mol. The minimum absolute atomic E-state index is 0.0484. The second-order valence-corrected chi connectivity index (χ2v) is 9.78. The molecule has 3 aliphatic rings. The molecular weight excluding hydrogens is 400 g/mol. The first-order valence-corrected chi connectivity index (χ1v) is 11.5. The maximum Gasteiger partial charge on any atom is 0.320 e. The highest BCUT2D eigenvalue weighted by Gasteiger charge is 2.38. The summed E-state index contributed by atoms with van der Waals surface area (Å²) in [6.45, 7) is 12.5. The topological polar surface area (TPSA) is 81.7 Å². The number of fused-ring (bicyclic) bond motifs is 1. The van der Waals surface area contributed by atoms with Gasteiger partial charge in [-0.25, -0.2) is 14.8 Å². The van der Waals surface area contributed by atoms with Crippen molar-refractivity contribution in [1.29, 1.82) is 0 Å². The van der Waals surface area contributed by atoms with Crippen LogP contribution < -0.4 is 10.2 Å². The average Bonchev–Trinajstić information content (AvgIpc) is 2.72. The Morgan fingerprint density at radius 1 is 1.17 bits per heavy atom. The molecule has 1 fully saturated rings. The summed E-state index contributed by atoms with van der Waals surface area (Å²) in [5.74, 6) is 1.04. The highest BCUT2D eigenvalue weighted by Crippen LogP contribution is 2.49. The van der Waals surface area contributed by atoms with Gasteiger partial charge in [-0.15, -0.1) is 0 Å². The Morgan fingerprint density at radius 3 is 2.53 bits per heavy atom. The van der Waals surface area contributed by atoms with Gasteiger partial charge in [0, 0.05) is 51.4 Å². The number of piperazine rings is 1. The number of ketones is 1. The molecule has 0 unspecified atom stereocenters. The molecule has 1 aromatic heterocycles.